The van der Waals surface area contributed by atoms with Crippen LogP contribution in [0.5, 0.6) is 0 Å². The number of rotatable bonds is 5. The van der Waals surface area contributed by atoms with Crippen molar-refractivity contribution in [2.45, 2.75) is 11.4 Å². The highest BCUT2D eigenvalue weighted by atomic mass is 32.2. The number of anilines is 1. The Bertz CT molecular complexity index is 834. The number of amides is 2. The molecule has 2 amide bonds. The van der Waals surface area contributed by atoms with Gasteiger partial charge >= 0.3 is 6.03 Å². The van der Waals surface area contributed by atoms with Gasteiger partial charge in [0.1, 0.15) is 0 Å². The Balaban J connectivity index is 1.58. The number of benzene rings is 1. The first kappa shape index (κ1) is 18.3. The number of nitrogens with one attached hydrogen (secondary N) is 3. The summed E-state index contributed by atoms with van der Waals surface area (Å²) in [4.78, 5) is 16.1. The highest BCUT2D eigenvalue weighted by Gasteiger charge is 2.25. The Kier molecular flexibility index (Phi) is 5.82. The zero-order valence-corrected chi connectivity index (χ0v) is 15.0. The molecule has 1 aliphatic rings. The number of aromatic nitrogens is 1. The average Bonchev–Trinajstić information content (AvgIpc) is 2.68. The van der Waals surface area contributed by atoms with Crippen LogP contribution in [-0.4, -0.2) is 49.9 Å². The number of carbonyl (C=O) groups is 1. The minimum atomic E-state index is -3.49. The monoisotopic (exact) mass is 375 g/mol. The van der Waals surface area contributed by atoms with E-state index in [2.05, 4.69) is 20.9 Å². The fraction of sp³-hybridized carbons (Fsp3) is 0.294. The molecule has 0 radical (unpaired) electrons. The van der Waals surface area contributed by atoms with Crippen molar-refractivity contribution >= 4 is 21.7 Å². The van der Waals surface area contributed by atoms with Crippen molar-refractivity contribution in [1.82, 2.24) is 19.9 Å². The van der Waals surface area contributed by atoms with Gasteiger partial charge in [-0.2, -0.15) is 4.31 Å². The fourth-order valence-corrected chi connectivity index (χ4v) is 4.04. The predicted octanol–water partition coefficient (Wildman–Crippen LogP) is 0.997. The number of piperazine rings is 1. The molecule has 1 saturated heterocycles. The van der Waals surface area contributed by atoms with Crippen LogP contribution in [0.3, 0.4) is 0 Å². The number of pyridine rings is 1. The average molecular weight is 375 g/mol. The topological polar surface area (TPSA) is 103 Å². The zero-order valence-electron chi connectivity index (χ0n) is 14.2. The van der Waals surface area contributed by atoms with Gasteiger partial charge < -0.3 is 16.0 Å². The maximum Gasteiger partial charge on any atom is 0.319 e. The van der Waals surface area contributed by atoms with Gasteiger partial charge in [-0.1, -0.05) is 0 Å². The first-order valence-electron chi connectivity index (χ1n) is 8.30. The molecule has 0 aliphatic carbocycles. The van der Waals surface area contributed by atoms with E-state index in [4.69, 9.17) is 0 Å². The van der Waals surface area contributed by atoms with E-state index in [1.54, 1.807) is 24.5 Å². The largest absolute Gasteiger partial charge is 0.334 e. The quantitative estimate of drug-likeness (QED) is 0.723. The van der Waals surface area contributed by atoms with E-state index in [9.17, 15) is 13.2 Å². The molecule has 2 aromatic rings. The van der Waals surface area contributed by atoms with Gasteiger partial charge in [0, 0.05) is 50.8 Å². The molecule has 0 atom stereocenters. The van der Waals surface area contributed by atoms with Crippen LogP contribution in [0.25, 0.3) is 0 Å². The summed E-state index contributed by atoms with van der Waals surface area (Å²) in [7, 11) is -3.49. The Hall–Kier alpha value is -2.49. The van der Waals surface area contributed by atoms with Gasteiger partial charge in [0.15, 0.2) is 0 Å². The summed E-state index contributed by atoms with van der Waals surface area (Å²) < 4.78 is 26.6. The van der Waals surface area contributed by atoms with Crippen LogP contribution in [0.1, 0.15) is 5.56 Å². The molecule has 0 spiro atoms. The molecule has 0 bridgehead atoms. The van der Waals surface area contributed by atoms with Crippen LogP contribution >= 0.6 is 0 Å². The Morgan fingerprint density at radius 2 is 1.73 bits per heavy atom. The zero-order chi connectivity index (χ0) is 18.4. The van der Waals surface area contributed by atoms with E-state index >= 15 is 0 Å². The summed E-state index contributed by atoms with van der Waals surface area (Å²) in [6.07, 6.45) is 3.32. The number of carbonyl (C=O) groups excluding carboxylic acids is 1. The van der Waals surface area contributed by atoms with E-state index in [1.807, 2.05) is 12.1 Å². The van der Waals surface area contributed by atoms with Gasteiger partial charge in [0.2, 0.25) is 10.0 Å². The van der Waals surface area contributed by atoms with E-state index in [-0.39, 0.29) is 10.9 Å². The molecule has 3 rings (SSSR count). The number of nitrogens with zero attached hydrogens (tertiary/aromatic N) is 2. The van der Waals surface area contributed by atoms with Crippen molar-refractivity contribution in [2.24, 2.45) is 0 Å². The first-order valence-corrected chi connectivity index (χ1v) is 9.74. The molecule has 2 heterocycles. The third kappa shape index (κ3) is 4.57. The van der Waals surface area contributed by atoms with E-state index < -0.39 is 10.0 Å². The van der Waals surface area contributed by atoms with Crippen molar-refractivity contribution in [2.75, 3.05) is 31.5 Å². The van der Waals surface area contributed by atoms with Crippen LogP contribution in [-0.2, 0) is 16.6 Å². The van der Waals surface area contributed by atoms with Gasteiger partial charge in [-0.15, -0.1) is 0 Å². The van der Waals surface area contributed by atoms with E-state index in [0.717, 1.165) is 5.56 Å². The highest BCUT2D eigenvalue weighted by molar-refractivity contribution is 7.89. The lowest BCUT2D eigenvalue weighted by molar-refractivity contribution is 0.251. The van der Waals surface area contributed by atoms with Crippen molar-refractivity contribution in [3.8, 4) is 0 Å². The maximum atomic E-state index is 12.6. The van der Waals surface area contributed by atoms with Gasteiger partial charge in [-0.25, -0.2) is 13.2 Å². The minimum absolute atomic E-state index is 0.224. The summed E-state index contributed by atoms with van der Waals surface area (Å²) in [5.41, 5.74) is 1.46. The second-order valence-corrected chi connectivity index (χ2v) is 7.78. The van der Waals surface area contributed by atoms with Crippen molar-refractivity contribution in [3.05, 3.63) is 54.4 Å². The van der Waals surface area contributed by atoms with E-state index in [1.165, 1.54) is 16.4 Å². The smallest absolute Gasteiger partial charge is 0.319 e. The van der Waals surface area contributed by atoms with Crippen LogP contribution in [0.15, 0.2) is 53.7 Å². The van der Waals surface area contributed by atoms with Crippen molar-refractivity contribution < 1.29 is 13.2 Å². The highest BCUT2D eigenvalue weighted by Crippen LogP contribution is 2.18. The molecular formula is C17H21N5O3S. The third-order valence-corrected chi connectivity index (χ3v) is 5.94. The number of urea groups is 1. The molecule has 26 heavy (non-hydrogen) atoms. The molecule has 138 valence electrons. The Morgan fingerprint density at radius 3 is 2.38 bits per heavy atom. The molecule has 0 saturated carbocycles. The molecular weight excluding hydrogens is 354 g/mol. The van der Waals surface area contributed by atoms with Gasteiger partial charge in [-0.05, 0) is 42.0 Å². The Labute approximate surface area is 152 Å². The summed E-state index contributed by atoms with van der Waals surface area (Å²) in [5.74, 6) is 0. The van der Waals surface area contributed by atoms with Gasteiger partial charge in [0.25, 0.3) is 0 Å². The lowest BCUT2D eigenvalue weighted by Crippen LogP contribution is -2.46. The number of hydrogen-bond donors (Lipinski definition) is 3. The predicted molar refractivity (Wildman–Crippen MR) is 98.2 cm³/mol. The first-order chi connectivity index (χ1) is 12.6. The molecule has 1 aromatic heterocycles. The molecule has 8 nitrogen and oxygen atoms in total. The SMILES string of the molecule is O=C(NCc1ccncc1)Nc1ccc(S(=O)(=O)N2CCNCC2)cc1. The fourth-order valence-electron chi connectivity index (χ4n) is 2.60. The summed E-state index contributed by atoms with van der Waals surface area (Å²) in [5, 5.41) is 8.55. The van der Waals surface area contributed by atoms with Crippen LogP contribution in [0, 0.1) is 0 Å². The molecule has 1 aromatic carbocycles. The number of hydrogen-bond acceptors (Lipinski definition) is 5. The molecule has 1 aliphatic heterocycles. The maximum absolute atomic E-state index is 12.6. The molecule has 1 fully saturated rings. The lowest BCUT2D eigenvalue weighted by atomic mass is 10.3. The number of sulfonamides is 1. The summed E-state index contributed by atoms with van der Waals surface area (Å²) in [6.45, 7) is 2.59. The standard InChI is InChI=1S/C17H21N5O3S/c23-17(20-13-14-5-7-18-8-6-14)21-15-1-3-16(4-2-15)26(24,25)22-11-9-19-10-12-22/h1-8,19H,9-13H2,(H2,20,21,23). The van der Waals surface area contributed by atoms with Gasteiger partial charge in [0.05, 0.1) is 4.90 Å². The van der Waals surface area contributed by atoms with Gasteiger partial charge in [-0.3, -0.25) is 4.98 Å². The Morgan fingerprint density at radius 1 is 1.08 bits per heavy atom. The second-order valence-electron chi connectivity index (χ2n) is 5.84. The van der Waals surface area contributed by atoms with Crippen molar-refractivity contribution in [1.29, 1.82) is 0 Å². The molecule has 3 N–H and O–H groups in total. The lowest BCUT2D eigenvalue weighted by Gasteiger charge is -2.26. The second kappa shape index (κ2) is 8.26. The van der Waals surface area contributed by atoms with Crippen LogP contribution in [0.4, 0.5) is 10.5 Å². The summed E-state index contributed by atoms with van der Waals surface area (Å²) >= 11 is 0. The van der Waals surface area contributed by atoms with E-state index in [0.29, 0.717) is 38.4 Å². The van der Waals surface area contributed by atoms with Crippen LogP contribution < -0.4 is 16.0 Å². The van der Waals surface area contributed by atoms with Crippen LogP contribution in [0.2, 0.25) is 0 Å². The summed E-state index contributed by atoms with van der Waals surface area (Å²) in [6, 6.07) is 9.46. The van der Waals surface area contributed by atoms with Crippen molar-refractivity contribution in [3.63, 3.8) is 0 Å². The molecule has 0 unspecified atom stereocenters. The normalized spacial score (nSPS) is 15.4. The third-order valence-electron chi connectivity index (χ3n) is 4.03. The minimum Gasteiger partial charge on any atom is -0.334 e. The molecule has 9 heteroatoms.